The Hall–Kier alpha value is -2.14. The largest absolute Gasteiger partial charge is 0.478 e. The summed E-state index contributed by atoms with van der Waals surface area (Å²) in [4.78, 5) is 15.4. The summed E-state index contributed by atoms with van der Waals surface area (Å²) in [5.74, 6) is -0.969. The van der Waals surface area contributed by atoms with Crippen LogP contribution < -0.4 is 5.32 Å². The molecule has 0 saturated heterocycles. The van der Waals surface area contributed by atoms with Crippen LogP contribution in [0, 0.1) is 6.92 Å². The number of nitrogens with zero attached hydrogens (tertiary/aromatic N) is 1. The molecule has 0 saturated carbocycles. The average Bonchev–Trinajstić information content (AvgIpc) is 2.35. The lowest BCUT2D eigenvalue weighted by molar-refractivity contribution is 0.0697. The van der Waals surface area contributed by atoms with Gasteiger partial charge < -0.3 is 15.5 Å². The lowest BCUT2D eigenvalue weighted by Crippen LogP contribution is -2.15. The van der Waals surface area contributed by atoms with Crippen LogP contribution in [0.1, 0.15) is 23.0 Å². The highest BCUT2D eigenvalue weighted by molar-refractivity contribution is 5.98. The number of rotatable bonds is 4. The predicted octanol–water partition coefficient (Wildman–Crippen LogP) is 2.03. The Morgan fingerprint density at radius 3 is 2.79 bits per heavy atom. The zero-order chi connectivity index (χ0) is 14.0. The number of aliphatic hydroxyl groups excluding tert-OH is 1. The third-order valence-electron chi connectivity index (χ3n) is 2.77. The number of carbonyl (C=O) groups is 1. The van der Waals surface area contributed by atoms with Crippen molar-refractivity contribution >= 4 is 22.6 Å². The van der Waals surface area contributed by atoms with Crippen LogP contribution in [0.4, 0.5) is 5.69 Å². The van der Waals surface area contributed by atoms with Crippen LogP contribution in [0.15, 0.2) is 24.3 Å². The van der Waals surface area contributed by atoms with Crippen LogP contribution in [-0.4, -0.2) is 33.8 Å². The van der Waals surface area contributed by atoms with E-state index >= 15 is 0 Å². The SMILES string of the molecule is Cc1cc(NC[C@H](C)O)c2cc(C(=O)O)ccc2n1. The molecule has 0 unspecified atom stereocenters. The molecule has 2 rings (SSSR count). The lowest BCUT2D eigenvalue weighted by Gasteiger charge is -2.12. The molecule has 5 heteroatoms. The fraction of sp³-hybridized carbons (Fsp3) is 0.286. The van der Waals surface area contributed by atoms with Gasteiger partial charge >= 0.3 is 5.97 Å². The molecule has 1 aromatic carbocycles. The second-order valence-corrected chi connectivity index (χ2v) is 4.58. The number of nitrogens with one attached hydrogen (secondary N) is 1. The fourth-order valence-corrected chi connectivity index (χ4v) is 1.90. The van der Waals surface area contributed by atoms with Crippen molar-refractivity contribution in [2.45, 2.75) is 20.0 Å². The van der Waals surface area contributed by atoms with Gasteiger partial charge in [-0.25, -0.2) is 4.79 Å². The summed E-state index contributed by atoms with van der Waals surface area (Å²) in [5.41, 5.74) is 2.58. The van der Waals surface area contributed by atoms with E-state index in [1.165, 1.54) is 6.07 Å². The molecule has 100 valence electrons. The van der Waals surface area contributed by atoms with Gasteiger partial charge in [-0.3, -0.25) is 4.98 Å². The first kappa shape index (κ1) is 13.3. The molecule has 1 atom stereocenters. The van der Waals surface area contributed by atoms with E-state index in [9.17, 15) is 9.90 Å². The standard InChI is InChI=1S/C14H16N2O3/c1-8-5-13(15-7-9(2)17)11-6-10(14(18)19)3-4-12(11)16-8/h3-6,9,17H,7H2,1-2H3,(H,15,16)(H,18,19)/t9-/m0/s1. The number of fused-ring (bicyclic) bond motifs is 1. The first-order chi connectivity index (χ1) is 8.97. The summed E-state index contributed by atoms with van der Waals surface area (Å²) in [6.45, 7) is 3.96. The van der Waals surface area contributed by atoms with Crippen molar-refractivity contribution in [3.05, 3.63) is 35.5 Å². The molecule has 0 fully saturated rings. The number of anilines is 1. The quantitative estimate of drug-likeness (QED) is 0.783. The molecule has 0 amide bonds. The Morgan fingerprint density at radius 1 is 1.42 bits per heavy atom. The van der Waals surface area contributed by atoms with Crippen molar-refractivity contribution < 1.29 is 15.0 Å². The van der Waals surface area contributed by atoms with Crippen molar-refractivity contribution in [3.8, 4) is 0 Å². The predicted molar refractivity (Wildman–Crippen MR) is 73.6 cm³/mol. The van der Waals surface area contributed by atoms with Gasteiger partial charge in [0.25, 0.3) is 0 Å². The van der Waals surface area contributed by atoms with E-state index in [1.54, 1.807) is 19.1 Å². The maximum absolute atomic E-state index is 11.0. The van der Waals surface area contributed by atoms with Crippen molar-refractivity contribution in [1.82, 2.24) is 4.98 Å². The first-order valence-corrected chi connectivity index (χ1v) is 6.04. The van der Waals surface area contributed by atoms with E-state index in [-0.39, 0.29) is 5.56 Å². The highest BCUT2D eigenvalue weighted by atomic mass is 16.4. The Balaban J connectivity index is 2.52. The molecule has 19 heavy (non-hydrogen) atoms. The summed E-state index contributed by atoms with van der Waals surface area (Å²) < 4.78 is 0. The summed E-state index contributed by atoms with van der Waals surface area (Å²) in [7, 11) is 0. The number of aromatic nitrogens is 1. The molecule has 0 spiro atoms. The number of carboxylic acid groups (broad SMARTS) is 1. The smallest absolute Gasteiger partial charge is 0.335 e. The van der Waals surface area contributed by atoms with Crippen LogP contribution >= 0.6 is 0 Å². The number of pyridine rings is 1. The number of aliphatic hydroxyl groups is 1. The minimum absolute atomic E-state index is 0.221. The Bertz CT molecular complexity index is 623. The topological polar surface area (TPSA) is 82.5 Å². The van der Waals surface area contributed by atoms with Gasteiger partial charge in [-0.15, -0.1) is 0 Å². The molecule has 0 radical (unpaired) electrons. The molecule has 0 aliphatic heterocycles. The van der Waals surface area contributed by atoms with E-state index in [4.69, 9.17) is 5.11 Å². The van der Waals surface area contributed by atoms with Crippen molar-refractivity contribution in [2.75, 3.05) is 11.9 Å². The summed E-state index contributed by atoms with van der Waals surface area (Å²) in [6, 6.07) is 6.67. The molecule has 0 aliphatic rings. The second kappa shape index (κ2) is 5.24. The molecule has 1 aromatic heterocycles. The number of benzene rings is 1. The van der Waals surface area contributed by atoms with Crippen LogP contribution in [0.2, 0.25) is 0 Å². The van der Waals surface area contributed by atoms with E-state index in [2.05, 4.69) is 10.3 Å². The number of hydrogen-bond donors (Lipinski definition) is 3. The van der Waals surface area contributed by atoms with Gasteiger partial charge in [0.15, 0.2) is 0 Å². The minimum atomic E-state index is -0.969. The zero-order valence-corrected chi connectivity index (χ0v) is 10.8. The third kappa shape index (κ3) is 3.00. The highest BCUT2D eigenvalue weighted by Crippen LogP contribution is 2.24. The van der Waals surface area contributed by atoms with Crippen LogP contribution in [-0.2, 0) is 0 Å². The van der Waals surface area contributed by atoms with Gasteiger partial charge in [0.2, 0.25) is 0 Å². The molecule has 3 N–H and O–H groups in total. The highest BCUT2D eigenvalue weighted by Gasteiger charge is 2.09. The Kier molecular flexibility index (Phi) is 3.66. The molecular formula is C14H16N2O3. The van der Waals surface area contributed by atoms with Gasteiger partial charge in [0.1, 0.15) is 0 Å². The van der Waals surface area contributed by atoms with Gasteiger partial charge in [-0.05, 0) is 38.1 Å². The van der Waals surface area contributed by atoms with Crippen molar-refractivity contribution in [2.24, 2.45) is 0 Å². The van der Waals surface area contributed by atoms with Crippen molar-refractivity contribution in [1.29, 1.82) is 0 Å². The number of hydrogen-bond acceptors (Lipinski definition) is 4. The summed E-state index contributed by atoms with van der Waals surface area (Å²) in [5, 5.41) is 22.2. The molecule has 0 aliphatic carbocycles. The molecule has 0 bridgehead atoms. The van der Waals surface area contributed by atoms with Gasteiger partial charge in [0.05, 0.1) is 17.2 Å². The third-order valence-corrected chi connectivity index (χ3v) is 2.77. The van der Waals surface area contributed by atoms with Crippen molar-refractivity contribution in [3.63, 3.8) is 0 Å². The molecule has 5 nitrogen and oxygen atoms in total. The lowest BCUT2D eigenvalue weighted by atomic mass is 10.1. The Morgan fingerprint density at radius 2 is 2.16 bits per heavy atom. The average molecular weight is 260 g/mol. The first-order valence-electron chi connectivity index (χ1n) is 6.04. The van der Waals surface area contributed by atoms with Crippen LogP contribution in [0.5, 0.6) is 0 Å². The van der Waals surface area contributed by atoms with Crippen LogP contribution in [0.3, 0.4) is 0 Å². The van der Waals surface area contributed by atoms with Gasteiger partial charge in [-0.2, -0.15) is 0 Å². The van der Waals surface area contributed by atoms with E-state index in [0.717, 1.165) is 22.3 Å². The normalized spacial score (nSPS) is 12.4. The number of aromatic carboxylic acids is 1. The Labute approximate surface area is 110 Å². The molecular weight excluding hydrogens is 244 g/mol. The van der Waals surface area contributed by atoms with E-state index < -0.39 is 12.1 Å². The zero-order valence-electron chi connectivity index (χ0n) is 10.8. The van der Waals surface area contributed by atoms with Gasteiger partial charge in [0, 0.05) is 23.3 Å². The molecule has 1 heterocycles. The fourth-order valence-electron chi connectivity index (χ4n) is 1.90. The van der Waals surface area contributed by atoms with Gasteiger partial charge in [-0.1, -0.05) is 0 Å². The molecule has 2 aromatic rings. The maximum Gasteiger partial charge on any atom is 0.335 e. The number of aryl methyl sites for hydroxylation is 1. The maximum atomic E-state index is 11.0. The summed E-state index contributed by atoms with van der Waals surface area (Å²) >= 11 is 0. The number of carboxylic acids is 1. The monoisotopic (exact) mass is 260 g/mol. The second-order valence-electron chi connectivity index (χ2n) is 4.58. The van der Waals surface area contributed by atoms with E-state index in [0.29, 0.717) is 6.54 Å². The minimum Gasteiger partial charge on any atom is -0.478 e. The van der Waals surface area contributed by atoms with E-state index in [1.807, 2.05) is 13.0 Å². The summed E-state index contributed by atoms with van der Waals surface area (Å²) in [6.07, 6.45) is -0.480. The van der Waals surface area contributed by atoms with Crippen LogP contribution in [0.25, 0.3) is 10.9 Å².